The Bertz CT molecular complexity index is 573. The zero-order valence-electron chi connectivity index (χ0n) is 9.86. The average Bonchev–Trinajstić information content (AvgIpc) is 2.83. The van der Waals surface area contributed by atoms with Crippen LogP contribution in [0.5, 0.6) is 5.75 Å². The molecule has 0 unspecified atom stereocenters. The van der Waals surface area contributed by atoms with Gasteiger partial charge in [-0.2, -0.15) is 0 Å². The second kappa shape index (κ2) is 6.14. The number of hydrogen-bond acceptors (Lipinski definition) is 5. The number of halogens is 1. The molecule has 1 N–H and O–H groups in total. The predicted octanol–water partition coefficient (Wildman–Crippen LogP) is 1.38. The van der Waals surface area contributed by atoms with Crippen LogP contribution >= 0.6 is 11.6 Å². The topological polar surface area (TPSA) is 90.1 Å². The van der Waals surface area contributed by atoms with E-state index in [0.717, 1.165) is 0 Å². The third kappa shape index (κ3) is 3.65. The van der Waals surface area contributed by atoms with E-state index in [1.165, 1.54) is 4.68 Å². The number of hydrogen-bond donors (Lipinski definition) is 1. The second-order valence-electron chi connectivity index (χ2n) is 3.68. The number of rotatable bonds is 6. The van der Waals surface area contributed by atoms with E-state index in [0.29, 0.717) is 16.6 Å². The van der Waals surface area contributed by atoms with Crippen molar-refractivity contribution in [2.45, 2.75) is 19.6 Å². The number of aryl methyl sites for hydroxylation is 1. The largest absolute Gasteiger partial charge is 0.484 e. The maximum Gasteiger partial charge on any atom is 0.305 e. The van der Waals surface area contributed by atoms with Crippen molar-refractivity contribution < 1.29 is 14.6 Å². The van der Waals surface area contributed by atoms with Gasteiger partial charge in [-0.15, -0.1) is 5.10 Å². The van der Waals surface area contributed by atoms with Crippen LogP contribution in [-0.4, -0.2) is 31.3 Å². The summed E-state index contributed by atoms with van der Waals surface area (Å²) in [5.74, 6) is 0.0617. The van der Waals surface area contributed by atoms with E-state index < -0.39 is 5.97 Å². The quantitative estimate of drug-likeness (QED) is 0.861. The van der Waals surface area contributed by atoms with Crippen molar-refractivity contribution in [3.05, 3.63) is 35.1 Å². The molecule has 2 aromatic rings. The van der Waals surface area contributed by atoms with Gasteiger partial charge < -0.3 is 9.84 Å². The third-order valence-electron chi connectivity index (χ3n) is 2.34. The van der Waals surface area contributed by atoms with Crippen LogP contribution in [0.15, 0.2) is 24.3 Å². The summed E-state index contributed by atoms with van der Waals surface area (Å²) in [4.78, 5) is 10.5. The molecule has 0 saturated carbocycles. The molecule has 0 fully saturated rings. The van der Waals surface area contributed by atoms with Crippen LogP contribution < -0.4 is 4.74 Å². The van der Waals surface area contributed by atoms with Crippen molar-refractivity contribution in [1.29, 1.82) is 0 Å². The number of aliphatic carboxylic acids is 1. The molecule has 2 rings (SSSR count). The number of tetrazole rings is 1. The van der Waals surface area contributed by atoms with E-state index >= 15 is 0 Å². The summed E-state index contributed by atoms with van der Waals surface area (Å²) in [5, 5.41) is 20.1. The molecule has 0 radical (unpaired) electrons. The van der Waals surface area contributed by atoms with Gasteiger partial charge in [-0.25, -0.2) is 4.68 Å². The Morgan fingerprint density at radius 2 is 2.21 bits per heavy atom. The molecule has 0 aliphatic rings. The number of para-hydroxylation sites is 1. The smallest absolute Gasteiger partial charge is 0.305 e. The van der Waals surface area contributed by atoms with Crippen LogP contribution in [0.2, 0.25) is 5.02 Å². The van der Waals surface area contributed by atoms with Gasteiger partial charge in [0.05, 0.1) is 18.0 Å². The number of aromatic nitrogens is 4. The molecular formula is C11H11ClN4O3. The normalized spacial score (nSPS) is 10.4. The Morgan fingerprint density at radius 3 is 2.95 bits per heavy atom. The van der Waals surface area contributed by atoms with E-state index in [9.17, 15) is 4.79 Å². The summed E-state index contributed by atoms with van der Waals surface area (Å²) < 4.78 is 6.88. The molecule has 7 nitrogen and oxygen atoms in total. The summed E-state index contributed by atoms with van der Waals surface area (Å²) in [6, 6.07) is 7.04. The minimum Gasteiger partial charge on any atom is -0.484 e. The Kier molecular flexibility index (Phi) is 4.30. The maximum atomic E-state index is 10.5. The lowest BCUT2D eigenvalue weighted by Gasteiger charge is -2.07. The second-order valence-corrected chi connectivity index (χ2v) is 4.09. The summed E-state index contributed by atoms with van der Waals surface area (Å²) in [7, 11) is 0. The Balaban J connectivity index is 1.98. The van der Waals surface area contributed by atoms with E-state index in [4.69, 9.17) is 21.4 Å². The minimum absolute atomic E-state index is 0.0515. The van der Waals surface area contributed by atoms with Crippen molar-refractivity contribution in [3.63, 3.8) is 0 Å². The van der Waals surface area contributed by atoms with Gasteiger partial charge >= 0.3 is 5.97 Å². The van der Waals surface area contributed by atoms with Crippen molar-refractivity contribution in [2.24, 2.45) is 0 Å². The minimum atomic E-state index is -0.909. The fourth-order valence-corrected chi connectivity index (χ4v) is 1.60. The molecule has 0 bridgehead atoms. The molecule has 1 heterocycles. The molecule has 19 heavy (non-hydrogen) atoms. The maximum absolute atomic E-state index is 10.5. The number of benzene rings is 1. The van der Waals surface area contributed by atoms with Gasteiger partial charge in [-0.1, -0.05) is 23.7 Å². The third-order valence-corrected chi connectivity index (χ3v) is 2.65. The number of carboxylic acid groups (broad SMARTS) is 1. The van der Waals surface area contributed by atoms with Crippen LogP contribution in [0.25, 0.3) is 0 Å². The van der Waals surface area contributed by atoms with Crippen LogP contribution in [0.1, 0.15) is 12.2 Å². The fraction of sp³-hybridized carbons (Fsp3) is 0.273. The van der Waals surface area contributed by atoms with Gasteiger partial charge in [0.15, 0.2) is 5.82 Å². The molecule has 0 spiro atoms. The summed E-state index contributed by atoms with van der Waals surface area (Å²) >= 11 is 5.95. The van der Waals surface area contributed by atoms with Crippen molar-refractivity contribution in [2.75, 3.05) is 0 Å². The van der Waals surface area contributed by atoms with Crippen molar-refractivity contribution in [3.8, 4) is 5.75 Å². The van der Waals surface area contributed by atoms with Crippen molar-refractivity contribution in [1.82, 2.24) is 20.2 Å². The average molecular weight is 283 g/mol. The molecule has 0 amide bonds. The molecule has 1 aromatic heterocycles. The first-order valence-electron chi connectivity index (χ1n) is 5.51. The molecule has 0 saturated heterocycles. The van der Waals surface area contributed by atoms with Crippen LogP contribution in [0.4, 0.5) is 0 Å². The summed E-state index contributed by atoms with van der Waals surface area (Å²) in [6.07, 6.45) is -0.0515. The van der Waals surface area contributed by atoms with E-state index in [1.807, 2.05) is 0 Å². The number of carbonyl (C=O) groups is 1. The SMILES string of the molecule is O=C(O)CCn1nnnc1COc1ccccc1Cl. The lowest BCUT2D eigenvalue weighted by atomic mass is 10.3. The summed E-state index contributed by atoms with van der Waals surface area (Å²) in [5.41, 5.74) is 0. The highest BCUT2D eigenvalue weighted by Crippen LogP contribution is 2.23. The molecule has 0 atom stereocenters. The molecule has 1 aromatic carbocycles. The summed E-state index contributed by atoms with van der Waals surface area (Å²) in [6.45, 7) is 0.319. The number of carboxylic acids is 1. The van der Waals surface area contributed by atoms with E-state index in [-0.39, 0.29) is 19.6 Å². The standard InChI is InChI=1S/C11H11ClN4O3/c12-8-3-1-2-4-9(8)19-7-10-13-14-15-16(10)6-5-11(17)18/h1-4H,5-7H2,(H,17,18). The highest BCUT2D eigenvalue weighted by molar-refractivity contribution is 6.32. The van der Waals surface area contributed by atoms with Gasteiger partial charge in [-0.3, -0.25) is 4.79 Å². The first kappa shape index (κ1) is 13.3. The Morgan fingerprint density at radius 1 is 1.42 bits per heavy atom. The molecular weight excluding hydrogens is 272 g/mol. The van der Waals surface area contributed by atoms with Crippen molar-refractivity contribution >= 4 is 17.6 Å². The molecule has 0 aliphatic carbocycles. The zero-order valence-corrected chi connectivity index (χ0v) is 10.6. The monoisotopic (exact) mass is 282 g/mol. The molecule has 0 aliphatic heterocycles. The van der Waals surface area contributed by atoms with Crippen LogP contribution in [0.3, 0.4) is 0 Å². The molecule has 8 heteroatoms. The first-order valence-corrected chi connectivity index (χ1v) is 5.89. The Hall–Kier alpha value is -2.15. The van der Waals surface area contributed by atoms with Gasteiger partial charge in [0.25, 0.3) is 0 Å². The Labute approximate surface area is 113 Å². The van der Waals surface area contributed by atoms with E-state index in [2.05, 4.69) is 15.5 Å². The fourth-order valence-electron chi connectivity index (χ4n) is 1.41. The highest BCUT2D eigenvalue weighted by atomic mass is 35.5. The van der Waals surface area contributed by atoms with Gasteiger partial charge in [0, 0.05) is 0 Å². The zero-order chi connectivity index (χ0) is 13.7. The lowest BCUT2D eigenvalue weighted by molar-refractivity contribution is -0.137. The van der Waals surface area contributed by atoms with Crippen LogP contribution in [0, 0.1) is 0 Å². The molecule has 100 valence electrons. The first-order chi connectivity index (χ1) is 9.16. The highest BCUT2D eigenvalue weighted by Gasteiger charge is 2.09. The van der Waals surface area contributed by atoms with Crippen LogP contribution in [-0.2, 0) is 17.9 Å². The van der Waals surface area contributed by atoms with E-state index in [1.54, 1.807) is 24.3 Å². The number of nitrogens with zero attached hydrogens (tertiary/aromatic N) is 4. The van der Waals surface area contributed by atoms with Gasteiger partial charge in [0.2, 0.25) is 0 Å². The van der Waals surface area contributed by atoms with Gasteiger partial charge in [-0.05, 0) is 22.6 Å². The predicted molar refractivity (Wildman–Crippen MR) is 65.9 cm³/mol. The number of ether oxygens (including phenoxy) is 1. The lowest BCUT2D eigenvalue weighted by Crippen LogP contribution is -2.11. The van der Waals surface area contributed by atoms with Gasteiger partial charge in [0.1, 0.15) is 12.4 Å².